The highest BCUT2D eigenvalue weighted by Gasteiger charge is 2.11. The molecule has 0 radical (unpaired) electrons. The molecule has 0 aliphatic carbocycles. The summed E-state index contributed by atoms with van der Waals surface area (Å²) in [4.78, 5) is 10.4. The van der Waals surface area contributed by atoms with Crippen molar-refractivity contribution in [1.82, 2.24) is 14.9 Å². The van der Waals surface area contributed by atoms with E-state index in [4.69, 9.17) is 4.74 Å². The number of nitrogens with zero attached hydrogens (tertiary/aromatic N) is 2. The lowest BCUT2D eigenvalue weighted by atomic mass is 10.1. The van der Waals surface area contributed by atoms with Gasteiger partial charge < -0.3 is 15.0 Å². The number of benzene rings is 2. The summed E-state index contributed by atoms with van der Waals surface area (Å²) in [5, 5.41) is 3.53. The zero-order chi connectivity index (χ0) is 18.5. The Balaban J connectivity index is 1.40. The molecule has 27 heavy (non-hydrogen) atoms. The van der Waals surface area contributed by atoms with Crippen molar-refractivity contribution in [2.75, 3.05) is 31.6 Å². The fourth-order valence-corrected chi connectivity index (χ4v) is 3.37. The van der Waals surface area contributed by atoms with Crippen molar-refractivity contribution in [1.29, 1.82) is 0 Å². The highest BCUT2D eigenvalue weighted by molar-refractivity contribution is 5.58. The smallest absolute Gasteiger partial charge is 0.125 e. The molecule has 0 bridgehead atoms. The number of nitrogens with one attached hydrogen (secondary N) is 2. The molecule has 1 aliphatic rings. The zero-order valence-electron chi connectivity index (χ0n) is 15.7. The zero-order valence-corrected chi connectivity index (χ0v) is 15.7. The van der Waals surface area contributed by atoms with Crippen LogP contribution in [0.3, 0.4) is 0 Å². The molecule has 0 saturated carbocycles. The molecule has 2 aromatic carbocycles. The molecule has 5 nitrogen and oxygen atoms in total. The number of hydrogen-bond acceptors (Lipinski definition) is 4. The summed E-state index contributed by atoms with van der Waals surface area (Å²) in [7, 11) is 0. The molecule has 1 aliphatic heterocycles. The predicted molar refractivity (Wildman–Crippen MR) is 109 cm³/mol. The molecule has 3 aromatic rings. The lowest BCUT2D eigenvalue weighted by Gasteiger charge is -2.26. The average molecular weight is 362 g/mol. The number of aryl methyl sites for hydroxylation is 1. The standard InChI is InChI=1S/C22H26N4O/c1-17-7-8-18(16-26-9-11-27-12-10-26)13-20(17)23-15-22-24-14-21(25-22)19-5-3-2-4-6-19/h2-8,13-14,23H,9-12,15-16H2,1H3,(H,24,25). The second kappa shape index (κ2) is 8.37. The van der Waals surface area contributed by atoms with Crippen molar-refractivity contribution in [3.05, 3.63) is 71.7 Å². The van der Waals surface area contributed by atoms with E-state index in [1.807, 2.05) is 24.4 Å². The van der Waals surface area contributed by atoms with E-state index in [1.54, 1.807) is 0 Å². The first kappa shape index (κ1) is 17.8. The van der Waals surface area contributed by atoms with Crippen molar-refractivity contribution < 1.29 is 4.74 Å². The van der Waals surface area contributed by atoms with Gasteiger partial charge in [0.05, 0.1) is 31.6 Å². The molecule has 2 N–H and O–H groups in total. The maximum Gasteiger partial charge on any atom is 0.125 e. The number of aromatic nitrogens is 2. The summed E-state index contributed by atoms with van der Waals surface area (Å²) >= 11 is 0. The van der Waals surface area contributed by atoms with E-state index in [0.717, 1.165) is 49.9 Å². The second-order valence-electron chi connectivity index (χ2n) is 7.00. The lowest BCUT2D eigenvalue weighted by molar-refractivity contribution is 0.0342. The van der Waals surface area contributed by atoms with Crippen LogP contribution in [0, 0.1) is 6.92 Å². The summed E-state index contributed by atoms with van der Waals surface area (Å²) in [6.45, 7) is 7.46. The van der Waals surface area contributed by atoms with Gasteiger partial charge in [-0.1, -0.05) is 42.5 Å². The van der Waals surface area contributed by atoms with Gasteiger partial charge in [-0.2, -0.15) is 0 Å². The highest BCUT2D eigenvalue weighted by Crippen LogP contribution is 2.20. The van der Waals surface area contributed by atoms with E-state index in [0.29, 0.717) is 6.54 Å². The molecule has 1 fully saturated rings. The van der Waals surface area contributed by atoms with E-state index >= 15 is 0 Å². The van der Waals surface area contributed by atoms with Gasteiger partial charge in [-0.15, -0.1) is 0 Å². The monoisotopic (exact) mass is 362 g/mol. The van der Waals surface area contributed by atoms with Crippen LogP contribution in [0.5, 0.6) is 0 Å². The van der Waals surface area contributed by atoms with E-state index in [9.17, 15) is 0 Å². The molecule has 5 heteroatoms. The fraction of sp³-hybridized carbons (Fsp3) is 0.318. The molecule has 0 unspecified atom stereocenters. The Morgan fingerprint density at radius 2 is 1.93 bits per heavy atom. The van der Waals surface area contributed by atoms with E-state index in [2.05, 4.69) is 57.4 Å². The molecular formula is C22H26N4O. The minimum Gasteiger partial charge on any atom is -0.379 e. The molecule has 0 atom stereocenters. The topological polar surface area (TPSA) is 53.2 Å². The number of hydrogen-bond donors (Lipinski definition) is 2. The Hall–Kier alpha value is -2.63. The average Bonchev–Trinajstić information content (AvgIpc) is 3.19. The van der Waals surface area contributed by atoms with Gasteiger partial charge in [0.2, 0.25) is 0 Å². The van der Waals surface area contributed by atoms with Gasteiger partial charge >= 0.3 is 0 Å². The molecule has 1 aromatic heterocycles. The Kier molecular flexibility index (Phi) is 5.51. The molecular weight excluding hydrogens is 336 g/mol. The largest absolute Gasteiger partial charge is 0.379 e. The summed E-state index contributed by atoms with van der Waals surface area (Å²) in [6, 6.07) is 16.9. The first-order chi connectivity index (χ1) is 13.3. The normalized spacial score (nSPS) is 15.0. The van der Waals surface area contributed by atoms with E-state index in [1.165, 1.54) is 16.8 Å². The summed E-state index contributed by atoms with van der Waals surface area (Å²) < 4.78 is 5.44. The first-order valence-electron chi connectivity index (χ1n) is 9.51. The van der Waals surface area contributed by atoms with Crippen molar-refractivity contribution in [3.8, 4) is 11.3 Å². The Morgan fingerprint density at radius 1 is 1.11 bits per heavy atom. The molecule has 0 spiro atoms. The van der Waals surface area contributed by atoms with Crippen molar-refractivity contribution in [2.24, 2.45) is 0 Å². The van der Waals surface area contributed by atoms with Crippen LogP contribution in [0.4, 0.5) is 5.69 Å². The van der Waals surface area contributed by atoms with Crippen LogP contribution in [-0.2, 0) is 17.8 Å². The van der Waals surface area contributed by atoms with Gasteiger partial charge in [-0.3, -0.25) is 4.90 Å². The van der Waals surface area contributed by atoms with Gasteiger partial charge in [-0.25, -0.2) is 4.98 Å². The van der Waals surface area contributed by atoms with Crippen molar-refractivity contribution >= 4 is 5.69 Å². The SMILES string of the molecule is Cc1ccc(CN2CCOCC2)cc1NCc1ncc(-c2ccccc2)[nH]1. The Morgan fingerprint density at radius 3 is 2.74 bits per heavy atom. The number of ether oxygens (including phenoxy) is 1. The third-order valence-corrected chi connectivity index (χ3v) is 4.97. The second-order valence-corrected chi connectivity index (χ2v) is 7.00. The molecule has 140 valence electrons. The van der Waals surface area contributed by atoms with Gasteiger partial charge in [0.25, 0.3) is 0 Å². The van der Waals surface area contributed by atoms with Crippen molar-refractivity contribution in [3.63, 3.8) is 0 Å². The van der Waals surface area contributed by atoms with Crippen LogP contribution in [0.15, 0.2) is 54.7 Å². The Labute approximate surface area is 160 Å². The summed E-state index contributed by atoms with van der Waals surface area (Å²) in [5.41, 5.74) is 5.94. The van der Waals surface area contributed by atoms with E-state index in [-0.39, 0.29) is 0 Å². The Bertz CT molecular complexity index is 869. The summed E-state index contributed by atoms with van der Waals surface area (Å²) in [5.74, 6) is 0.937. The van der Waals surface area contributed by atoms with Crippen molar-refractivity contribution in [2.45, 2.75) is 20.0 Å². The number of anilines is 1. The molecule has 2 heterocycles. The first-order valence-corrected chi connectivity index (χ1v) is 9.51. The molecule has 0 amide bonds. The number of aromatic amines is 1. The van der Waals surface area contributed by atoms with Crippen LogP contribution in [0.1, 0.15) is 17.0 Å². The molecule has 4 rings (SSSR count). The van der Waals surface area contributed by atoms with Gasteiger partial charge in [0.1, 0.15) is 5.82 Å². The van der Waals surface area contributed by atoms with Gasteiger partial charge in [0, 0.05) is 25.3 Å². The minimum atomic E-state index is 0.675. The van der Waals surface area contributed by atoms with Crippen LogP contribution in [-0.4, -0.2) is 41.2 Å². The maximum absolute atomic E-state index is 5.44. The predicted octanol–water partition coefficient (Wildman–Crippen LogP) is 3.83. The number of morpholine rings is 1. The van der Waals surface area contributed by atoms with Crippen LogP contribution in [0.2, 0.25) is 0 Å². The lowest BCUT2D eigenvalue weighted by Crippen LogP contribution is -2.35. The molecule has 1 saturated heterocycles. The number of H-pyrrole nitrogens is 1. The maximum atomic E-state index is 5.44. The number of rotatable bonds is 6. The quantitative estimate of drug-likeness (QED) is 0.700. The minimum absolute atomic E-state index is 0.675. The van der Waals surface area contributed by atoms with E-state index < -0.39 is 0 Å². The number of imidazole rings is 1. The highest BCUT2D eigenvalue weighted by atomic mass is 16.5. The third-order valence-electron chi connectivity index (χ3n) is 4.97. The van der Waals surface area contributed by atoms with Crippen LogP contribution in [0.25, 0.3) is 11.3 Å². The van der Waals surface area contributed by atoms with Gasteiger partial charge in [-0.05, 0) is 29.7 Å². The third kappa shape index (κ3) is 4.56. The fourth-order valence-electron chi connectivity index (χ4n) is 3.37. The van der Waals surface area contributed by atoms with Gasteiger partial charge in [0.15, 0.2) is 0 Å². The van der Waals surface area contributed by atoms with Crippen LogP contribution >= 0.6 is 0 Å². The summed E-state index contributed by atoms with van der Waals surface area (Å²) in [6.07, 6.45) is 1.90. The van der Waals surface area contributed by atoms with Crippen LogP contribution < -0.4 is 5.32 Å².